The van der Waals surface area contributed by atoms with Gasteiger partial charge in [0, 0.05) is 18.5 Å². The van der Waals surface area contributed by atoms with Crippen LogP contribution in [0.25, 0.3) is 0 Å². The van der Waals surface area contributed by atoms with E-state index in [4.69, 9.17) is 4.52 Å². The Morgan fingerprint density at radius 1 is 1.38 bits per heavy atom. The quantitative estimate of drug-likeness (QED) is 0.935. The molecule has 1 aromatic carbocycles. The number of hydrogen-bond donors (Lipinski definition) is 1. The highest BCUT2D eigenvalue weighted by molar-refractivity contribution is 5.77. The summed E-state index contributed by atoms with van der Waals surface area (Å²) in [4.78, 5) is 14.3. The van der Waals surface area contributed by atoms with Crippen molar-refractivity contribution in [2.45, 2.75) is 45.3 Å². The van der Waals surface area contributed by atoms with Gasteiger partial charge in [-0.1, -0.05) is 17.3 Å². The lowest BCUT2D eigenvalue weighted by atomic mass is 10.0. The van der Waals surface area contributed by atoms with Crippen LogP contribution in [0.5, 0.6) is 0 Å². The number of likely N-dealkylation sites (tertiary alicyclic amines) is 1. The second kappa shape index (κ2) is 6.73. The van der Waals surface area contributed by atoms with Gasteiger partial charge in [-0.25, -0.2) is 4.39 Å². The first kappa shape index (κ1) is 16.6. The highest BCUT2D eigenvalue weighted by atomic mass is 19.1. The van der Waals surface area contributed by atoms with Crippen molar-refractivity contribution < 1.29 is 18.8 Å². The standard InChI is InChI=1S/C18H21FN2O3/c1-11-16(12(2)24-20-11)7-8-18(23)21-10-15(22)9-17(21)13-3-5-14(19)6-4-13/h3-6,15,17,22H,7-10H2,1-2H3/t15-,17-/m0/s1. The summed E-state index contributed by atoms with van der Waals surface area (Å²) in [7, 11) is 0. The van der Waals surface area contributed by atoms with E-state index in [1.165, 1.54) is 12.1 Å². The van der Waals surface area contributed by atoms with Gasteiger partial charge in [0.2, 0.25) is 5.91 Å². The fraction of sp³-hybridized carbons (Fsp3) is 0.444. The molecule has 1 amide bonds. The summed E-state index contributed by atoms with van der Waals surface area (Å²) < 4.78 is 18.2. The minimum atomic E-state index is -0.553. The number of benzene rings is 1. The molecule has 1 saturated heterocycles. The Morgan fingerprint density at radius 2 is 2.08 bits per heavy atom. The van der Waals surface area contributed by atoms with E-state index in [9.17, 15) is 14.3 Å². The predicted molar refractivity (Wildman–Crippen MR) is 85.8 cm³/mol. The number of hydrogen-bond acceptors (Lipinski definition) is 4. The van der Waals surface area contributed by atoms with E-state index in [2.05, 4.69) is 5.16 Å². The van der Waals surface area contributed by atoms with E-state index in [1.54, 1.807) is 17.0 Å². The second-order valence-corrected chi connectivity index (χ2v) is 6.31. The normalized spacial score (nSPS) is 20.6. The van der Waals surface area contributed by atoms with E-state index in [0.29, 0.717) is 25.8 Å². The Bertz CT molecular complexity index is 707. The number of aliphatic hydroxyl groups is 1. The van der Waals surface area contributed by atoms with Gasteiger partial charge in [0.15, 0.2) is 0 Å². The molecule has 2 aromatic rings. The number of nitrogens with zero attached hydrogens (tertiary/aromatic N) is 2. The van der Waals surface area contributed by atoms with Crippen molar-refractivity contribution in [1.29, 1.82) is 0 Å². The summed E-state index contributed by atoms with van der Waals surface area (Å²) in [6.45, 7) is 4.00. The summed E-state index contributed by atoms with van der Waals surface area (Å²) in [6, 6.07) is 5.90. The predicted octanol–water partition coefficient (Wildman–Crippen LogP) is 2.70. The van der Waals surface area contributed by atoms with Crippen LogP contribution in [0.2, 0.25) is 0 Å². The van der Waals surface area contributed by atoms with Crippen LogP contribution >= 0.6 is 0 Å². The Balaban J connectivity index is 1.71. The van der Waals surface area contributed by atoms with Gasteiger partial charge in [-0.2, -0.15) is 0 Å². The van der Waals surface area contributed by atoms with Gasteiger partial charge in [-0.05, 0) is 44.4 Å². The van der Waals surface area contributed by atoms with Crippen LogP contribution in [-0.4, -0.2) is 33.7 Å². The minimum absolute atomic E-state index is 0.0270. The number of halogens is 1. The zero-order chi connectivity index (χ0) is 17.3. The van der Waals surface area contributed by atoms with Crippen molar-refractivity contribution >= 4 is 5.91 Å². The largest absolute Gasteiger partial charge is 0.391 e. The topological polar surface area (TPSA) is 66.6 Å². The number of β-amino-alcohol motifs (C(OH)–C–C–N with tert-alkyl or cyclic N) is 1. The van der Waals surface area contributed by atoms with Gasteiger partial charge in [0.1, 0.15) is 11.6 Å². The summed E-state index contributed by atoms with van der Waals surface area (Å²) in [5.41, 5.74) is 2.61. The first-order valence-electron chi connectivity index (χ1n) is 8.10. The molecule has 24 heavy (non-hydrogen) atoms. The van der Waals surface area contributed by atoms with E-state index in [0.717, 1.165) is 22.6 Å². The lowest BCUT2D eigenvalue weighted by Crippen LogP contribution is -2.32. The third-order valence-corrected chi connectivity index (χ3v) is 4.62. The average molecular weight is 332 g/mol. The van der Waals surface area contributed by atoms with Crippen molar-refractivity contribution in [3.05, 3.63) is 52.7 Å². The minimum Gasteiger partial charge on any atom is -0.391 e. The van der Waals surface area contributed by atoms with Gasteiger partial charge in [-0.15, -0.1) is 0 Å². The maximum atomic E-state index is 13.1. The summed E-state index contributed by atoms with van der Waals surface area (Å²) in [5, 5.41) is 13.9. The lowest BCUT2D eigenvalue weighted by Gasteiger charge is -2.25. The summed E-state index contributed by atoms with van der Waals surface area (Å²) in [5.74, 6) is 0.395. The molecule has 1 aromatic heterocycles. The maximum Gasteiger partial charge on any atom is 0.223 e. The zero-order valence-electron chi connectivity index (χ0n) is 13.8. The number of aliphatic hydroxyl groups excluding tert-OH is 1. The van der Waals surface area contributed by atoms with Crippen LogP contribution in [0.3, 0.4) is 0 Å². The summed E-state index contributed by atoms with van der Waals surface area (Å²) in [6.07, 6.45) is 0.807. The number of carbonyl (C=O) groups excluding carboxylic acids is 1. The highest BCUT2D eigenvalue weighted by Gasteiger charge is 2.35. The van der Waals surface area contributed by atoms with Crippen molar-refractivity contribution in [2.24, 2.45) is 0 Å². The molecule has 0 saturated carbocycles. The third-order valence-electron chi connectivity index (χ3n) is 4.62. The van der Waals surface area contributed by atoms with Gasteiger partial charge < -0.3 is 14.5 Å². The molecular weight excluding hydrogens is 311 g/mol. The third kappa shape index (κ3) is 3.33. The summed E-state index contributed by atoms with van der Waals surface area (Å²) >= 11 is 0. The van der Waals surface area contributed by atoms with Gasteiger partial charge >= 0.3 is 0 Å². The van der Waals surface area contributed by atoms with E-state index >= 15 is 0 Å². The van der Waals surface area contributed by atoms with Crippen LogP contribution < -0.4 is 0 Å². The number of aromatic nitrogens is 1. The molecule has 0 spiro atoms. The Labute approximate surface area is 140 Å². The molecule has 128 valence electrons. The Kier molecular flexibility index (Phi) is 4.66. The van der Waals surface area contributed by atoms with Crippen LogP contribution in [0.1, 0.15) is 41.5 Å². The Morgan fingerprint density at radius 3 is 2.71 bits per heavy atom. The molecule has 1 fully saturated rings. The van der Waals surface area contributed by atoms with E-state index in [1.807, 2.05) is 13.8 Å². The zero-order valence-corrected chi connectivity index (χ0v) is 13.8. The molecule has 6 heteroatoms. The van der Waals surface area contributed by atoms with Crippen molar-refractivity contribution in [1.82, 2.24) is 10.1 Å². The Hall–Kier alpha value is -2.21. The molecule has 5 nitrogen and oxygen atoms in total. The molecule has 2 atom stereocenters. The molecule has 0 radical (unpaired) electrons. The monoisotopic (exact) mass is 332 g/mol. The molecule has 2 heterocycles. The number of aryl methyl sites for hydroxylation is 2. The van der Waals surface area contributed by atoms with Crippen molar-refractivity contribution in [2.75, 3.05) is 6.54 Å². The van der Waals surface area contributed by atoms with Gasteiger partial charge in [0.25, 0.3) is 0 Å². The lowest BCUT2D eigenvalue weighted by molar-refractivity contribution is -0.132. The molecule has 1 aliphatic heterocycles. The second-order valence-electron chi connectivity index (χ2n) is 6.31. The van der Waals surface area contributed by atoms with E-state index < -0.39 is 6.10 Å². The molecule has 1 aliphatic rings. The van der Waals surface area contributed by atoms with Crippen LogP contribution in [0.4, 0.5) is 4.39 Å². The number of carbonyl (C=O) groups is 1. The first-order chi connectivity index (χ1) is 11.5. The van der Waals surface area contributed by atoms with E-state index in [-0.39, 0.29) is 17.8 Å². The van der Waals surface area contributed by atoms with Crippen molar-refractivity contribution in [3.8, 4) is 0 Å². The maximum absolute atomic E-state index is 13.1. The van der Waals surface area contributed by atoms with Crippen molar-refractivity contribution in [3.63, 3.8) is 0 Å². The molecule has 0 unspecified atom stereocenters. The van der Waals surface area contributed by atoms with Gasteiger partial charge in [0.05, 0.1) is 17.8 Å². The average Bonchev–Trinajstić information content (AvgIpc) is 3.09. The first-order valence-corrected chi connectivity index (χ1v) is 8.10. The molecular formula is C18H21FN2O3. The SMILES string of the molecule is Cc1noc(C)c1CCC(=O)N1C[C@@H](O)C[C@H]1c1ccc(F)cc1. The smallest absolute Gasteiger partial charge is 0.223 e. The fourth-order valence-corrected chi connectivity index (χ4v) is 3.32. The molecule has 3 rings (SSSR count). The van der Waals surface area contributed by atoms with Crippen LogP contribution in [0, 0.1) is 19.7 Å². The number of amides is 1. The highest BCUT2D eigenvalue weighted by Crippen LogP contribution is 2.33. The van der Waals surface area contributed by atoms with Crippen LogP contribution in [0.15, 0.2) is 28.8 Å². The fourth-order valence-electron chi connectivity index (χ4n) is 3.32. The number of rotatable bonds is 4. The molecule has 0 aliphatic carbocycles. The van der Waals surface area contributed by atoms with Crippen LogP contribution in [-0.2, 0) is 11.2 Å². The van der Waals surface area contributed by atoms with Gasteiger partial charge in [-0.3, -0.25) is 4.79 Å². The molecule has 1 N–H and O–H groups in total. The molecule has 0 bridgehead atoms.